The molecule has 7 rings (SSSR count). The molecule has 0 fully saturated rings. The Hall–Kier alpha value is -5.60. The average molecular weight is 543 g/mol. The van der Waals surface area contributed by atoms with Crippen LogP contribution in [0.2, 0.25) is 0 Å². The summed E-state index contributed by atoms with van der Waals surface area (Å²) in [7, 11) is 0. The van der Waals surface area contributed by atoms with Crippen molar-refractivity contribution in [2.45, 2.75) is 19.4 Å². The van der Waals surface area contributed by atoms with Crippen LogP contribution in [0, 0.1) is 6.57 Å². The average Bonchev–Trinajstić information content (AvgIpc) is 3.05. The van der Waals surface area contributed by atoms with Gasteiger partial charge in [0, 0.05) is 27.8 Å². The summed E-state index contributed by atoms with van der Waals surface area (Å²) in [6.07, 6.45) is 0. The molecule has 2 heterocycles. The zero-order valence-corrected chi connectivity index (χ0v) is 23.2. The van der Waals surface area contributed by atoms with Gasteiger partial charge in [0.15, 0.2) is 23.2 Å². The van der Waals surface area contributed by atoms with Crippen molar-refractivity contribution >= 4 is 5.69 Å². The molecule has 200 valence electrons. The van der Waals surface area contributed by atoms with E-state index in [1.807, 2.05) is 72.8 Å². The highest BCUT2D eigenvalue weighted by molar-refractivity contribution is 5.80. The normalized spacial score (nSPS) is 12.9. The summed E-state index contributed by atoms with van der Waals surface area (Å²) in [6.45, 7) is 11.4. The van der Waals surface area contributed by atoms with Crippen molar-refractivity contribution in [3.63, 3.8) is 0 Å². The van der Waals surface area contributed by atoms with E-state index < -0.39 is 5.60 Å². The minimum absolute atomic E-state index is 0.463. The number of ether oxygens (including phenoxy) is 1. The Bertz CT molecular complexity index is 1990. The molecule has 1 aliphatic rings. The van der Waals surface area contributed by atoms with Crippen molar-refractivity contribution in [3.05, 3.63) is 138 Å². The van der Waals surface area contributed by atoms with Crippen LogP contribution in [0.3, 0.4) is 0 Å². The largest absolute Gasteiger partial charge is 0.482 e. The predicted molar refractivity (Wildman–Crippen MR) is 167 cm³/mol. The number of nitrogens with zero attached hydrogens (tertiary/aromatic N) is 4. The first-order chi connectivity index (χ1) is 20.5. The van der Waals surface area contributed by atoms with Gasteiger partial charge in [0.05, 0.1) is 6.57 Å². The standard InChI is InChI=1S/C37H26N4O/c1-37(2)32-15-8-7-14-30(32)31-21-18-28(23-33(31)42-37)36-40-34(25-10-5-4-6-11-25)39-35(41-36)27-13-9-12-26(22-27)24-16-19-29(38-3)20-17-24/h4-23H,1-2H3. The minimum atomic E-state index is -0.463. The van der Waals surface area contributed by atoms with Gasteiger partial charge in [0.2, 0.25) is 0 Å². The molecule has 5 nitrogen and oxygen atoms in total. The van der Waals surface area contributed by atoms with Gasteiger partial charge in [-0.1, -0.05) is 103 Å². The molecular weight excluding hydrogens is 516 g/mol. The second-order valence-corrected chi connectivity index (χ2v) is 10.8. The molecule has 5 heteroatoms. The molecule has 0 amide bonds. The van der Waals surface area contributed by atoms with Crippen LogP contribution in [-0.4, -0.2) is 15.0 Å². The summed E-state index contributed by atoms with van der Waals surface area (Å²) in [6, 6.07) is 40.3. The lowest BCUT2D eigenvalue weighted by Gasteiger charge is -2.35. The van der Waals surface area contributed by atoms with Gasteiger partial charge in [-0.05, 0) is 48.7 Å². The third-order valence-corrected chi connectivity index (χ3v) is 7.59. The second-order valence-electron chi connectivity index (χ2n) is 10.8. The van der Waals surface area contributed by atoms with Crippen LogP contribution in [0.25, 0.3) is 61.3 Å². The molecular formula is C37H26N4O. The number of fused-ring (bicyclic) bond motifs is 3. The molecule has 0 aliphatic carbocycles. The molecule has 0 spiro atoms. The Morgan fingerprint density at radius 3 is 1.88 bits per heavy atom. The predicted octanol–water partition coefficient (Wildman–Crippen LogP) is 9.38. The lowest BCUT2D eigenvalue weighted by Crippen LogP contribution is -2.29. The van der Waals surface area contributed by atoms with Gasteiger partial charge in [-0.15, -0.1) is 0 Å². The van der Waals surface area contributed by atoms with Crippen molar-refractivity contribution in [1.29, 1.82) is 0 Å². The zero-order chi connectivity index (χ0) is 28.7. The smallest absolute Gasteiger partial charge is 0.187 e. The number of hydrogen-bond acceptors (Lipinski definition) is 4. The second kappa shape index (κ2) is 10.1. The van der Waals surface area contributed by atoms with Crippen LogP contribution in [0.15, 0.2) is 121 Å². The molecule has 42 heavy (non-hydrogen) atoms. The minimum Gasteiger partial charge on any atom is -0.482 e. The van der Waals surface area contributed by atoms with Crippen LogP contribution in [0.1, 0.15) is 19.4 Å². The molecule has 0 atom stereocenters. The third-order valence-electron chi connectivity index (χ3n) is 7.59. The molecule has 0 saturated carbocycles. The maximum absolute atomic E-state index is 7.25. The molecule has 1 aromatic heterocycles. The number of hydrogen-bond donors (Lipinski definition) is 0. The first-order valence-corrected chi connectivity index (χ1v) is 13.8. The zero-order valence-electron chi connectivity index (χ0n) is 23.2. The lowest BCUT2D eigenvalue weighted by atomic mass is 9.86. The van der Waals surface area contributed by atoms with E-state index >= 15 is 0 Å². The Kier molecular flexibility index (Phi) is 6.10. The van der Waals surface area contributed by atoms with Gasteiger partial charge < -0.3 is 4.74 Å². The van der Waals surface area contributed by atoms with Gasteiger partial charge in [0.25, 0.3) is 0 Å². The van der Waals surface area contributed by atoms with E-state index in [9.17, 15) is 0 Å². The maximum Gasteiger partial charge on any atom is 0.187 e. The lowest BCUT2D eigenvalue weighted by molar-refractivity contribution is 0.106. The topological polar surface area (TPSA) is 52.3 Å². The molecule has 0 radical (unpaired) electrons. The summed E-state index contributed by atoms with van der Waals surface area (Å²) in [5.41, 5.74) is 8.26. The number of aromatic nitrogens is 3. The quantitative estimate of drug-likeness (QED) is 0.208. The first kappa shape index (κ1) is 25.4. The molecule has 5 aromatic carbocycles. The monoisotopic (exact) mass is 542 g/mol. The van der Waals surface area contributed by atoms with Crippen molar-refractivity contribution < 1.29 is 4.74 Å². The van der Waals surface area contributed by atoms with Crippen LogP contribution in [0.4, 0.5) is 5.69 Å². The van der Waals surface area contributed by atoms with Crippen LogP contribution >= 0.6 is 0 Å². The molecule has 0 saturated heterocycles. The Morgan fingerprint density at radius 2 is 1.14 bits per heavy atom. The Labute approximate surface area is 245 Å². The van der Waals surface area contributed by atoms with Crippen molar-refractivity contribution in [3.8, 4) is 62.2 Å². The number of benzene rings is 5. The molecule has 0 unspecified atom stereocenters. The fourth-order valence-corrected chi connectivity index (χ4v) is 5.46. The summed E-state index contributed by atoms with van der Waals surface area (Å²) in [4.78, 5) is 18.3. The summed E-state index contributed by atoms with van der Waals surface area (Å²) < 4.78 is 6.53. The number of rotatable bonds is 4. The van der Waals surface area contributed by atoms with Crippen LogP contribution < -0.4 is 4.74 Å². The summed E-state index contributed by atoms with van der Waals surface area (Å²) in [5.74, 6) is 2.58. The van der Waals surface area contributed by atoms with E-state index in [0.717, 1.165) is 39.1 Å². The van der Waals surface area contributed by atoms with Crippen LogP contribution in [-0.2, 0) is 5.60 Å². The van der Waals surface area contributed by atoms with Crippen LogP contribution in [0.5, 0.6) is 5.75 Å². The van der Waals surface area contributed by atoms with E-state index in [1.54, 1.807) is 0 Å². The van der Waals surface area contributed by atoms with E-state index in [-0.39, 0.29) is 0 Å². The Morgan fingerprint density at radius 1 is 0.548 bits per heavy atom. The van der Waals surface area contributed by atoms with Gasteiger partial charge in [-0.3, -0.25) is 0 Å². The molecule has 1 aliphatic heterocycles. The molecule has 0 N–H and O–H groups in total. The highest BCUT2D eigenvalue weighted by Crippen LogP contribution is 2.46. The van der Waals surface area contributed by atoms with Gasteiger partial charge >= 0.3 is 0 Å². The van der Waals surface area contributed by atoms with E-state index in [0.29, 0.717) is 23.2 Å². The van der Waals surface area contributed by atoms with Crippen molar-refractivity contribution in [2.24, 2.45) is 0 Å². The Balaban J connectivity index is 1.36. The highest BCUT2D eigenvalue weighted by Gasteiger charge is 2.32. The fraction of sp³-hybridized carbons (Fsp3) is 0.0811. The SMILES string of the molecule is [C-]#[N+]c1ccc(-c2cccc(-c3nc(-c4ccccc4)nc(-c4ccc5c(c4)OC(C)(C)c4ccccc4-5)n3)c2)cc1. The van der Waals surface area contributed by atoms with Gasteiger partial charge in [-0.2, -0.15) is 0 Å². The maximum atomic E-state index is 7.25. The van der Waals surface area contributed by atoms with Gasteiger partial charge in [-0.25, -0.2) is 19.8 Å². The highest BCUT2D eigenvalue weighted by atomic mass is 16.5. The molecule has 6 aromatic rings. The third kappa shape index (κ3) is 4.59. The fourth-order valence-electron chi connectivity index (χ4n) is 5.46. The van der Waals surface area contributed by atoms with E-state index in [1.165, 1.54) is 11.1 Å². The van der Waals surface area contributed by atoms with E-state index in [2.05, 4.69) is 67.2 Å². The molecule has 0 bridgehead atoms. The van der Waals surface area contributed by atoms with Gasteiger partial charge in [0.1, 0.15) is 11.4 Å². The van der Waals surface area contributed by atoms with Crippen molar-refractivity contribution in [1.82, 2.24) is 15.0 Å². The van der Waals surface area contributed by atoms with E-state index in [4.69, 9.17) is 26.3 Å². The van der Waals surface area contributed by atoms with Crippen molar-refractivity contribution in [2.75, 3.05) is 0 Å². The summed E-state index contributed by atoms with van der Waals surface area (Å²) in [5, 5.41) is 0. The summed E-state index contributed by atoms with van der Waals surface area (Å²) >= 11 is 0. The first-order valence-electron chi connectivity index (χ1n) is 13.8.